The van der Waals surface area contributed by atoms with Gasteiger partial charge in [-0.15, -0.1) is 0 Å². The third-order valence-electron chi connectivity index (χ3n) is 6.98. The SMILES string of the molecule is CCCCCCCCCC[C@H](N)C(O)N(CC(=O)O)NC(=O)OCC1c2ccccc2-c2ccccc21. The van der Waals surface area contributed by atoms with Crippen LogP contribution in [0.3, 0.4) is 0 Å². The third-order valence-corrected chi connectivity index (χ3v) is 6.98. The fraction of sp³-hybridized carbons (Fsp3) is 0.517. The van der Waals surface area contributed by atoms with Crippen LogP contribution in [-0.2, 0) is 9.53 Å². The summed E-state index contributed by atoms with van der Waals surface area (Å²) in [6.45, 7) is 1.68. The summed E-state index contributed by atoms with van der Waals surface area (Å²) in [7, 11) is 0. The van der Waals surface area contributed by atoms with E-state index in [9.17, 15) is 19.8 Å². The number of benzene rings is 2. The van der Waals surface area contributed by atoms with Gasteiger partial charge in [-0.3, -0.25) is 10.2 Å². The Morgan fingerprint density at radius 3 is 2.05 bits per heavy atom. The number of carboxylic acids is 1. The highest BCUT2D eigenvalue weighted by Gasteiger charge is 2.30. The maximum Gasteiger partial charge on any atom is 0.421 e. The van der Waals surface area contributed by atoms with Crippen LogP contribution in [0.15, 0.2) is 48.5 Å². The van der Waals surface area contributed by atoms with Gasteiger partial charge in [0.15, 0.2) is 0 Å². The van der Waals surface area contributed by atoms with Crippen molar-refractivity contribution in [1.82, 2.24) is 10.4 Å². The van der Waals surface area contributed by atoms with Crippen molar-refractivity contribution in [2.24, 2.45) is 5.73 Å². The number of carbonyl (C=O) groups excluding carboxylic acids is 1. The maximum atomic E-state index is 12.6. The zero-order valence-corrected chi connectivity index (χ0v) is 21.8. The molecule has 8 heteroatoms. The molecule has 2 aromatic carbocycles. The topological polar surface area (TPSA) is 125 Å². The van der Waals surface area contributed by atoms with Crippen LogP contribution in [0.1, 0.15) is 81.8 Å². The standard InChI is InChI=1S/C29H41N3O5/c1-2-3-4-5-6-7-8-9-18-26(30)28(35)32(19-27(33)34)31-29(36)37-20-25-23-16-12-10-14-21(23)22-15-11-13-17-24(22)25/h10-17,25-26,28,35H,2-9,18-20,30H2,1H3,(H,31,36)(H,33,34)/t26-,28?/m0/s1. The highest BCUT2D eigenvalue weighted by atomic mass is 16.6. The number of amides is 1. The molecule has 1 aliphatic carbocycles. The second kappa shape index (κ2) is 14.7. The molecule has 8 nitrogen and oxygen atoms in total. The van der Waals surface area contributed by atoms with Gasteiger partial charge < -0.3 is 20.7 Å². The molecule has 2 atom stereocenters. The molecule has 0 bridgehead atoms. The third kappa shape index (κ3) is 8.28. The van der Waals surface area contributed by atoms with Gasteiger partial charge >= 0.3 is 12.1 Å². The van der Waals surface area contributed by atoms with Crippen LogP contribution in [0.2, 0.25) is 0 Å². The Hall–Kier alpha value is -2.94. The molecule has 2 aromatic rings. The fourth-order valence-corrected chi connectivity index (χ4v) is 4.99. The van der Waals surface area contributed by atoms with E-state index in [1.165, 1.54) is 32.1 Å². The number of rotatable bonds is 16. The molecule has 0 aromatic heterocycles. The minimum atomic E-state index is -1.35. The average molecular weight is 512 g/mol. The molecule has 1 aliphatic rings. The van der Waals surface area contributed by atoms with Crippen molar-refractivity contribution in [3.05, 3.63) is 59.7 Å². The van der Waals surface area contributed by atoms with Crippen molar-refractivity contribution in [2.75, 3.05) is 13.2 Å². The van der Waals surface area contributed by atoms with E-state index in [0.717, 1.165) is 46.5 Å². The largest absolute Gasteiger partial charge is 0.480 e. The van der Waals surface area contributed by atoms with Crippen molar-refractivity contribution in [3.8, 4) is 11.1 Å². The monoisotopic (exact) mass is 511 g/mol. The van der Waals surface area contributed by atoms with Crippen LogP contribution in [0.5, 0.6) is 0 Å². The van der Waals surface area contributed by atoms with Crippen LogP contribution in [0.25, 0.3) is 11.1 Å². The van der Waals surface area contributed by atoms with E-state index in [2.05, 4.69) is 12.3 Å². The molecule has 0 saturated heterocycles. The average Bonchev–Trinajstić information content (AvgIpc) is 3.21. The summed E-state index contributed by atoms with van der Waals surface area (Å²) in [5.41, 5.74) is 12.9. The lowest BCUT2D eigenvalue weighted by atomic mass is 9.98. The number of aliphatic hydroxyl groups is 1. The normalized spacial score (nSPS) is 14.2. The molecule has 1 unspecified atom stereocenters. The van der Waals surface area contributed by atoms with Gasteiger partial charge in [-0.1, -0.05) is 107 Å². The van der Waals surface area contributed by atoms with Gasteiger partial charge in [-0.25, -0.2) is 4.79 Å². The van der Waals surface area contributed by atoms with E-state index in [1.807, 2.05) is 48.5 Å². The van der Waals surface area contributed by atoms with E-state index >= 15 is 0 Å². The van der Waals surface area contributed by atoms with Crippen LogP contribution in [0.4, 0.5) is 4.79 Å². The van der Waals surface area contributed by atoms with Crippen molar-refractivity contribution in [2.45, 2.75) is 82.9 Å². The number of fused-ring (bicyclic) bond motifs is 3. The minimum absolute atomic E-state index is 0.0845. The number of nitrogens with two attached hydrogens (primary N) is 1. The number of carboxylic acid groups (broad SMARTS) is 1. The molecular weight excluding hydrogens is 470 g/mol. The first-order valence-corrected chi connectivity index (χ1v) is 13.5. The zero-order valence-electron chi connectivity index (χ0n) is 21.8. The van der Waals surface area contributed by atoms with E-state index < -0.39 is 30.9 Å². The van der Waals surface area contributed by atoms with E-state index in [4.69, 9.17) is 10.5 Å². The van der Waals surface area contributed by atoms with Gasteiger partial charge in [-0.2, -0.15) is 5.01 Å². The molecule has 0 spiro atoms. The van der Waals surface area contributed by atoms with Gasteiger partial charge in [0.2, 0.25) is 0 Å². The van der Waals surface area contributed by atoms with Gasteiger partial charge in [-0.05, 0) is 28.7 Å². The number of hydrogen-bond acceptors (Lipinski definition) is 6. The first-order valence-electron chi connectivity index (χ1n) is 13.5. The van der Waals surface area contributed by atoms with Gasteiger partial charge in [0.05, 0.1) is 0 Å². The van der Waals surface area contributed by atoms with Crippen LogP contribution in [-0.4, -0.2) is 52.7 Å². The van der Waals surface area contributed by atoms with E-state index in [-0.39, 0.29) is 12.5 Å². The molecule has 0 radical (unpaired) electrons. The number of hydrogen-bond donors (Lipinski definition) is 4. The number of aliphatic carboxylic acids is 1. The van der Waals surface area contributed by atoms with Crippen LogP contribution in [0, 0.1) is 0 Å². The van der Waals surface area contributed by atoms with Crippen molar-refractivity contribution >= 4 is 12.1 Å². The maximum absolute atomic E-state index is 12.6. The Bertz CT molecular complexity index is 969. The number of hydrazine groups is 1. The molecule has 37 heavy (non-hydrogen) atoms. The first-order chi connectivity index (χ1) is 17.9. The summed E-state index contributed by atoms with van der Waals surface area (Å²) in [5, 5.41) is 20.9. The lowest BCUT2D eigenvalue weighted by Gasteiger charge is -2.30. The molecule has 0 aliphatic heterocycles. The Morgan fingerprint density at radius 2 is 1.49 bits per heavy atom. The van der Waals surface area contributed by atoms with Gasteiger partial charge in [0, 0.05) is 12.0 Å². The van der Waals surface area contributed by atoms with E-state index in [1.54, 1.807) is 0 Å². The Kier molecular flexibility index (Phi) is 11.4. The molecule has 3 rings (SSSR count). The van der Waals surface area contributed by atoms with Crippen LogP contribution < -0.4 is 11.2 Å². The predicted molar refractivity (Wildman–Crippen MR) is 144 cm³/mol. The Labute approximate surface area is 219 Å². The second-order valence-corrected chi connectivity index (χ2v) is 9.80. The number of nitrogens with one attached hydrogen (secondary N) is 1. The lowest BCUT2D eigenvalue weighted by molar-refractivity contribution is -0.144. The van der Waals surface area contributed by atoms with Gasteiger partial charge in [0.1, 0.15) is 19.4 Å². The minimum Gasteiger partial charge on any atom is -0.480 e. The van der Waals surface area contributed by atoms with Crippen molar-refractivity contribution in [3.63, 3.8) is 0 Å². The predicted octanol–water partition coefficient (Wildman–Crippen LogP) is 5.00. The smallest absolute Gasteiger partial charge is 0.421 e. The number of nitrogens with zero attached hydrogens (tertiary/aromatic N) is 1. The first kappa shape index (κ1) is 28.6. The number of carbonyl (C=O) groups is 2. The van der Waals surface area contributed by atoms with Crippen molar-refractivity contribution < 1.29 is 24.5 Å². The summed E-state index contributed by atoms with van der Waals surface area (Å²) >= 11 is 0. The summed E-state index contributed by atoms with van der Waals surface area (Å²) < 4.78 is 5.50. The molecule has 5 N–H and O–H groups in total. The van der Waals surface area contributed by atoms with E-state index in [0.29, 0.717) is 6.42 Å². The summed E-state index contributed by atoms with van der Waals surface area (Å²) in [4.78, 5) is 24.0. The zero-order chi connectivity index (χ0) is 26.6. The number of ether oxygens (including phenoxy) is 1. The molecule has 202 valence electrons. The summed E-state index contributed by atoms with van der Waals surface area (Å²) in [6.07, 6.45) is 7.48. The van der Waals surface area contributed by atoms with Crippen LogP contribution >= 0.6 is 0 Å². The Balaban J connectivity index is 1.50. The summed E-state index contributed by atoms with van der Waals surface area (Å²) in [5.74, 6) is -1.32. The van der Waals surface area contributed by atoms with Crippen molar-refractivity contribution in [1.29, 1.82) is 0 Å². The number of unbranched alkanes of at least 4 members (excludes halogenated alkanes) is 7. The number of aliphatic hydroxyl groups excluding tert-OH is 1. The van der Waals surface area contributed by atoms with Gasteiger partial charge in [0.25, 0.3) is 0 Å². The second-order valence-electron chi connectivity index (χ2n) is 9.80. The quantitative estimate of drug-likeness (QED) is 0.142. The Morgan fingerprint density at radius 1 is 0.946 bits per heavy atom. The molecular formula is C29H41N3O5. The molecule has 0 fully saturated rings. The molecule has 0 saturated carbocycles. The molecule has 0 heterocycles. The molecule has 1 amide bonds. The summed E-state index contributed by atoms with van der Waals surface area (Å²) in [6, 6.07) is 15.3. The fourth-order valence-electron chi connectivity index (χ4n) is 4.99. The highest BCUT2D eigenvalue weighted by Crippen LogP contribution is 2.44. The highest BCUT2D eigenvalue weighted by molar-refractivity contribution is 5.79. The lowest BCUT2D eigenvalue weighted by Crippen LogP contribution is -2.57.